The van der Waals surface area contributed by atoms with Crippen LogP contribution in [0.15, 0.2) is 22.8 Å². The van der Waals surface area contributed by atoms with Crippen molar-refractivity contribution in [2.24, 2.45) is 5.41 Å². The van der Waals surface area contributed by atoms with Gasteiger partial charge < -0.3 is 14.5 Å². The lowest BCUT2D eigenvalue weighted by atomic mass is 9.99. The minimum absolute atomic E-state index is 0.0304. The Morgan fingerprint density at radius 3 is 2.83 bits per heavy atom. The summed E-state index contributed by atoms with van der Waals surface area (Å²) in [5, 5.41) is 3.28. The van der Waals surface area contributed by atoms with Crippen molar-refractivity contribution < 1.29 is 9.15 Å². The molecular formula is C15H18ClN5O2. The summed E-state index contributed by atoms with van der Waals surface area (Å²) in [6, 6.07) is 4.09. The summed E-state index contributed by atoms with van der Waals surface area (Å²) in [7, 11) is 0. The van der Waals surface area contributed by atoms with Gasteiger partial charge in [-0.1, -0.05) is 20.8 Å². The Labute approximate surface area is 138 Å². The van der Waals surface area contributed by atoms with Crippen molar-refractivity contribution in [3.8, 4) is 6.01 Å². The van der Waals surface area contributed by atoms with Gasteiger partial charge in [0.05, 0.1) is 19.4 Å². The third-order valence-corrected chi connectivity index (χ3v) is 3.12. The highest BCUT2D eigenvalue weighted by Gasteiger charge is 2.16. The number of aromatic nitrogens is 4. The van der Waals surface area contributed by atoms with Gasteiger partial charge in [-0.3, -0.25) is 4.98 Å². The van der Waals surface area contributed by atoms with Crippen LogP contribution in [0.25, 0.3) is 11.2 Å². The Balaban J connectivity index is 1.83. The molecule has 0 aliphatic rings. The fraction of sp³-hybridized carbons (Fsp3) is 0.400. The van der Waals surface area contributed by atoms with Gasteiger partial charge in [-0.25, -0.2) is 0 Å². The smallest absolute Gasteiger partial charge is 0.295 e. The fourth-order valence-electron chi connectivity index (χ4n) is 1.91. The molecule has 23 heavy (non-hydrogen) atoms. The van der Waals surface area contributed by atoms with Crippen molar-refractivity contribution >= 4 is 28.6 Å². The number of halogens is 1. The fourth-order valence-corrected chi connectivity index (χ4v) is 2.08. The van der Waals surface area contributed by atoms with E-state index in [2.05, 4.69) is 46.0 Å². The van der Waals surface area contributed by atoms with Crippen molar-refractivity contribution in [2.75, 3.05) is 11.9 Å². The minimum atomic E-state index is 0.0304. The van der Waals surface area contributed by atoms with Crippen LogP contribution in [-0.4, -0.2) is 26.5 Å². The number of fused-ring (bicyclic) bond motifs is 1. The Morgan fingerprint density at radius 1 is 1.30 bits per heavy atom. The lowest BCUT2D eigenvalue weighted by molar-refractivity contribution is 0.186. The van der Waals surface area contributed by atoms with Crippen LogP contribution in [-0.2, 0) is 6.54 Å². The zero-order valence-corrected chi connectivity index (χ0v) is 13.9. The highest BCUT2D eigenvalue weighted by atomic mass is 35.5. The van der Waals surface area contributed by atoms with Gasteiger partial charge in [0.1, 0.15) is 5.76 Å². The largest absolute Gasteiger partial charge is 0.467 e. The molecule has 0 aliphatic heterocycles. The summed E-state index contributed by atoms with van der Waals surface area (Å²) in [5.74, 6) is 1.31. The summed E-state index contributed by atoms with van der Waals surface area (Å²) in [6.45, 7) is 7.26. The maximum absolute atomic E-state index is 5.97. The molecule has 0 saturated heterocycles. The first-order chi connectivity index (χ1) is 10.9. The van der Waals surface area contributed by atoms with Crippen LogP contribution >= 0.6 is 11.6 Å². The van der Waals surface area contributed by atoms with Crippen LogP contribution in [0.3, 0.4) is 0 Å². The van der Waals surface area contributed by atoms with Crippen molar-refractivity contribution in [1.29, 1.82) is 0 Å². The highest BCUT2D eigenvalue weighted by molar-refractivity contribution is 6.28. The molecule has 2 N–H and O–H groups in total. The molecule has 8 heteroatoms. The molecule has 122 valence electrons. The SMILES string of the molecule is CC(C)(C)COc1nc2c(NCc3ccco3)nc(Cl)nc2[nH]1. The van der Waals surface area contributed by atoms with Crippen LogP contribution in [0.4, 0.5) is 5.82 Å². The zero-order chi connectivity index (χ0) is 16.4. The van der Waals surface area contributed by atoms with E-state index in [0.29, 0.717) is 36.1 Å². The maximum atomic E-state index is 5.97. The maximum Gasteiger partial charge on any atom is 0.295 e. The predicted octanol–water partition coefficient (Wildman–Crippen LogP) is 3.64. The Kier molecular flexibility index (Phi) is 4.12. The molecule has 0 radical (unpaired) electrons. The van der Waals surface area contributed by atoms with E-state index in [-0.39, 0.29) is 10.7 Å². The number of rotatable bonds is 5. The number of nitrogens with zero attached hydrogens (tertiary/aromatic N) is 3. The Hall–Kier alpha value is -2.28. The average Bonchev–Trinajstić information content (AvgIpc) is 3.10. The van der Waals surface area contributed by atoms with E-state index >= 15 is 0 Å². The highest BCUT2D eigenvalue weighted by Crippen LogP contribution is 2.24. The first-order valence-electron chi connectivity index (χ1n) is 7.23. The number of ether oxygens (including phenoxy) is 1. The van der Waals surface area contributed by atoms with Crippen molar-refractivity contribution in [2.45, 2.75) is 27.3 Å². The van der Waals surface area contributed by atoms with E-state index < -0.39 is 0 Å². The number of aromatic amines is 1. The minimum Gasteiger partial charge on any atom is -0.467 e. The van der Waals surface area contributed by atoms with Crippen LogP contribution < -0.4 is 10.1 Å². The van der Waals surface area contributed by atoms with Crippen molar-refractivity contribution in [3.63, 3.8) is 0 Å². The van der Waals surface area contributed by atoms with Crippen LogP contribution in [0.2, 0.25) is 5.28 Å². The third kappa shape index (κ3) is 3.92. The molecule has 7 nitrogen and oxygen atoms in total. The van der Waals surface area contributed by atoms with Crippen molar-refractivity contribution in [3.05, 3.63) is 29.4 Å². The number of imidazole rings is 1. The normalized spacial score (nSPS) is 11.8. The van der Waals surface area contributed by atoms with Gasteiger partial charge in [0, 0.05) is 0 Å². The molecule has 0 atom stereocenters. The quantitative estimate of drug-likeness (QED) is 0.692. The average molecular weight is 336 g/mol. The van der Waals surface area contributed by atoms with Gasteiger partial charge in [0.15, 0.2) is 17.0 Å². The Morgan fingerprint density at radius 2 is 2.13 bits per heavy atom. The standard InChI is InChI=1S/C15H18ClN5O2/c1-15(2,3)8-23-14-18-10-11(17-7-9-5-4-6-22-9)19-13(16)20-12(10)21-14/h4-6H,7-8H2,1-3H3,(H2,17,18,19,20,21). The van der Waals surface area contributed by atoms with Crippen LogP contribution in [0.1, 0.15) is 26.5 Å². The lowest BCUT2D eigenvalue weighted by Gasteiger charge is -2.16. The van der Waals surface area contributed by atoms with E-state index in [0.717, 1.165) is 5.76 Å². The van der Waals surface area contributed by atoms with E-state index in [1.165, 1.54) is 0 Å². The van der Waals surface area contributed by atoms with Gasteiger partial charge >= 0.3 is 0 Å². The molecule has 0 unspecified atom stereocenters. The summed E-state index contributed by atoms with van der Waals surface area (Å²) in [5.41, 5.74) is 1.13. The molecule has 3 aromatic heterocycles. The second-order valence-electron chi connectivity index (χ2n) is 6.36. The molecule has 0 fully saturated rings. The molecule has 3 heterocycles. The summed E-state index contributed by atoms with van der Waals surface area (Å²) < 4.78 is 11.0. The summed E-state index contributed by atoms with van der Waals surface area (Å²) >= 11 is 5.97. The molecule has 0 spiro atoms. The topological polar surface area (TPSA) is 88.9 Å². The number of nitrogens with one attached hydrogen (secondary N) is 2. The number of anilines is 1. The van der Waals surface area contributed by atoms with E-state index in [4.69, 9.17) is 20.8 Å². The van der Waals surface area contributed by atoms with Crippen LogP contribution in [0, 0.1) is 5.41 Å². The molecule has 0 aromatic carbocycles. The molecule has 3 rings (SSSR count). The lowest BCUT2D eigenvalue weighted by Crippen LogP contribution is -2.17. The second kappa shape index (κ2) is 6.08. The monoisotopic (exact) mass is 335 g/mol. The molecule has 3 aromatic rings. The third-order valence-electron chi connectivity index (χ3n) is 2.95. The van der Waals surface area contributed by atoms with E-state index in [1.54, 1.807) is 6.26 Å². The first-order valence-corrected chi connectivity index (χ1v) is 7.61. The van der Waals surface area contributed by atoms with Crippen LogP contribution in [0.5, 0.6) is 6.01 Å². The van der Waals surface area contributed by atoms with Gasteiger partial charge in [0.25, 0.3) is 6.01 Å². The Bertz CT molecular complexity index is 792. The predicted molar refractivity (Wildman–Crippen MR) is 87.7 cm³/mol. The zero-order valence-electron chi connectivity index (χ0n) is 13.2. The summed E-state index contributed by atoms with van der Waals surface area (Å²) in [4.78, 5) is 15.7. The molecule has 0 aliphatic carbocycles. The number of hydrogen-bond donors (Lipinski definition) is 2. The number of hydrogen-bond acceptors (Lipinski definition) is 6. The molecular weight excluding hydrogens is 318 g/mol. The molecule has 0 bridgehead atoms. The first kappa shape index (κ1) is 15.6. The number of H-pyrrole nitrogens is 1. The van der Waals surface area contributed by atoms with Gasteiger partial charge in [0.2, 0.25) is 5.28 Å². The molecule has 0 amide bonds. The number of furan rings is 1. The second-order valence-corrected chi connectivity index (χ2v) is 6.70. The molecule has 0 saturated carbocycles. The van der Waals surface area contributed by atoms with Gasteiger partial charge in [-0.2, -0.15) is 15.0 Å². The van der Waals surface area contributed by atoms with Crippen molar-refractivity contribution in [1.82, 2.24) is 19.9 Å². The van der Waals surface area contributed by atoms with E-state index in [1.807, 2.05) is 12.1 Å². The van der Waals surface area contributed by atoms with Gasteiger partial charge in [-0.15, -0.1) is 0 Å². The van der Waals surface area contributed by atoms with E-state index in [9.17, 15) is 0 Å². The van der Waals surface area contributed by atoms with Gasteiger partial charge in [-0.05, 0) is 29.1 Å². The summed E-state index contributed by atoms with van der Waals surface area (Å²) in [6.07, 6.45) is 1.62.